The van der Waals surface area contributed by atoms with Crippen LogP contribution < -0.4 is 0 Å². The van der Waals surface area contributed by atoms with Crippen LogP contribution in [0.1, 0.15) is 10.4 Å². The lowest BCUT2D eigenvalue weighted by Gasteiger charge is -2.32. The molecule has 4 nitrogen and oxygen atoms in total. The van der Waals surface area contributed by atoms with E-state index in [0.29, 0.717) is 11.1 Å². The van der Waals surface area contributed by atoms with E-state index in [2.05, 4.69) is 9.88 Å². The molecule has 5 heteroatoms. The van der Waals surface area contributed by atoms with Crippen LogP contribution in [0.4, 0.5) is 4.39 Å². The molecule has 2 heterocycles. The minimum atomic E-state index is -0.317. The highest BCUT2D eigenvalue weighted by Crippen LogP contribution is 2.16. The molecule has 0 saturated carbocycles. The predicted molar refractivity (Wildman–Crippen MR) is 75.1 cm³/mol. The van der Waals surface area contributed by atoms with Gasteiger partial charge in [0.2, 0.25) is 0 Å². The van der Waals surface area contributed by atoms with Gasteiger partial charge in [-0.25, -0.2) is 4.39 Å². The van der Waals surface area contributed by atoms with Crippen molar-refractivity contribution in [1.82, 2.24) is 14.8 Å². The van der Waals surface area contributed by atoms with Gasteiger partial charge in [0.25, 0.3) is 5.91 Å². The van der Waals surface area contributed by atoms with E-state index in [-0.39, 0.29) is 11.7 Å². The summed E-state index contributed by atoms with van der Waals surface area (Å²) in [6.45, 7) is 3.24. The zero-order valence-corrected chi connectivity index (χ0v) is 11.3. The molecule has 0 atom stereocenters. The Kier molecular flexibility index (Phi) is 3.36. The molecule has 1 aromatic heterocycles. The number of rotatable bonds is 1. The summed E-state index contributed by atoms with van der Waals surface area (Å²) < 4.78 is 13.1. The first-order valence-electron chi connectivity index (χ1n) is 6.66. The van der Waals surface area contributed by atoms with Crippen LogP contribution in [0.5, 0.6) is 0 Å². The van der Waals surface area contributed by atoms with Gasteiger partial charge in [-0.05, 0) is 25.2 Å². The smallest absolute Gasteiger partial charge is 0.255 e. The van der Waals surface area contributed by atoms with Crippen molar-refractivity contribution in [2.75, 3.05) is 33.2 Å². The number of aromatic nitrogens is 1. The van der Waals surface area contributed by atoms with Crippen molar-refractivity contribution in [2.24, 2.45) is 0 Å². The van der Waals surface area contributed by atoms with Crippen LogP contribution in [-0.2, 0) is 0 Å². The van der Waals surface area contributed by atoms with Gasteiger partial charge in [-0.2, -0.15) is 0 Å². The lowest BCUT2D eigenvalue weighted by molar-refractivity contribution is 0.0664. The molecule has 1 aliphatic rings. The average molecular weight is 273 g/mol. The Hall–Kier alpha value is -2.01. The Morgan fingerprint density at radius 2 is 1.95 bits per heavy atom. The summed E-state index contributed by atoms with van der Waals surface area (Å²) in [5.74, 6) is -0.319. The summed E-state index contributed by atoms with van der Waals surface area (Å²) in [4.78, 5) is 20.6. The first kappa shape index (κ1) is 13.0. The fraction of sp³-hybridized carbons (Fsp3) is 0.333. The molecule has 1 aliphatic heterocycles. The standard InChI is InChI=1S/C15H16FN3O/c1-18-4-6-19(7-5-18)15(20)12-8-11-2-3-13(16)9-14(11)17-10-12/h2-3,8-10H,4-7H2,1H3. The zero-order chi connectivity index (χ0) is 14.1. The van der Waals surface area contributed by atoms with Gasteiger partial charge in [0.15, 0.2) is 0 Å². The first-order chi connectivity index (χ1) is 9.63. The largest absolute Gasteiger partial charge is 0.336 e. The molecule has 0 aliphatic carbocycles. The van der Waals surface area contributed by atoms with Crippen molar-refractivity contribution < 1.29 is 9.18 Å². The van der Waals surface area contributed by atoms with Crippen molar-refractivity contribution in [3.05, 3.63) is 41.8 Å². The van der Waals surface area contributed by atoms with Crippen LogP contribution in [0.3, 0.4) is 0 Å². The lowest BCUT2D eigenvalue weighted by atomic mass is 10.1. The predicted octanol–water partition coefficient (Wildman–Crippen LogP) is 1.76. The summed E-state index contributed by atoms with van der Waals surface area (Å²) >= 11 is 0. The Morgan fingerprint density at radius 1 is 1.20 bits per heavy atom. The lowest BCUT2D eigenvalue weighted by Crippen LogP contribution is -2.47. The van der Waals surface area contributed by atoms with Gasteiger partial charge in [-0.3, -0.25) is 9.78 Å². The molecular formula is C15H16FN3O. The van der Waals surface area contributed by atoms with E-state index in [1.165, 1.54) is 18.3 Å². The molecule has 1 amide bonds. The average Bonchev–Trinajstić information content (AvgIpc) is 2.47. The number of hydrogen-bond donors (Lipinski definition) is 0. The summed E-state index contributed by atoms with van der Waals surface area (Å²) in [6, 6.07) is 6.19. The van der Waals surface area contributed by atoms with Crippen LogP contribution in [0.25, 0.3) is 10.9 Å². The third-order valence-corrected chi connectivity index (χ3v) is 3.68. The van der Waals surface area contributed by atoms with Gasteiger partial charge in [-0.1, -0.05) is 0 Å². The zero-order valence-electron chi connectivity index (χ0n) is 11.3. The topological polar surface area (TPSA) is 36.4 Å². The van der Waals surface area contributed by atoms with Crippen molar-refractivity contribution in [1.29, 1.82) is 0 Å². The normalized spacial score (nSPS) is 16.6. The van der Waals surface area contributed by atoms with Gasteiger partial charge >= 0.3 is 0 Å². The second kappa shape index (κ2) is 5.17. The quantitative estimate of drug-likeness (QED) is 0.794. The number of hydrogen-bond acceptors (Lipinski definition) is 3. The second-order valence-corrected chi connectivity index (χ2v) is 5.16. The van der Waals surface area contributed by atoms with Gasteiger partial charge in [0, 0.05) is 43.8 Å². The summed E-state index contributed by atoms with van der Waals surface area (Å²) in [5.41, 5.74) is 1.13. The van der Waals surface area contributed by atoms with Crippen LogP contribution in [0.15, 0.2) is 30.5 Å². The number of carbonyl (C=O) groups is 1. The van der Waals surface area contributed by atoms with Crippen LogP contribution in [0, 0.1) is 5.82 Å². The third-order valence-electron chi connectivity index (χ3n) is 3.68. The Labute approximate surface area is 116 Å². The number of piperazine rings is 1. The Balaban J connectivity index is 1.86. The molecule has 104 valence electrons. The monoisotopic (exact) mass is 273 g/mol. The number of benzene rings is 1. The highest BCUT2D eigenvalue weighted by atomic mass is 19.1. The summed E-state index contributed by atoms with van der Waals surface area (Å²) in [5, 5.41) is 0.784. The first-order valence-corrected chi connectivity index (χ1v) is 6.66. The molecule has 1 fully saturated rings. The maximum Gasteiger partial charge on any atom is 0.255 e. The highest BCUT2D eigenvalue weighted by molar-refractivity contribution is 5.97. The SMILES string of the molecule is CN1CCN(C(=O)c2cnc3cc(F)ccc3c2)CC1. The van der Waals surface area contributed by atoms with E-state index in [9.17, 15) is 9.18 Å². The molecule has 0 radical (unpaired) electrons. The van der Waals surface area contributed by atoms with E-state index in [1.54, 1.807) is 12.1 Å². The van der Waals surface area contributed by atoms with Crippen LogP contribution in [-0.4, -0.2) is 53.9 Å². The number of pyridine rings is 1. The highest BCUT2D eigenvalue weighted by Gasteiger charge is 2.20. The molecular weight excluding hydrogens is 257 g/mol. The summed E-state index contributed by atoms with van der Waals surface area (Å²) in [6.07, 6.45) is 1.53. The fourth-order valence-electron chi connectivity index (χ4n) is 2.40. The third kappa shape index (κ3) is 2.49. The molecule has 0 spiro atoms. The minimum absolute atomic E-state index is 0.00294. The van der Waals surface area contributed by atoms with Gasteiger partial charge in [0.05, 0.1) is 11.1 Å². The van der Waals surface area contributed by atoms with E-state index in [4.69, 9.17) is 0 Å². The molecule has 20 heavy (non-hydrogen) atoms. The van der Waals surface area contributed by atoms with E-state index < -0.39 is 0 Å². The number of nitrogens with zero attached hydrogens (tertiary/aromatic N) is 3. The number of fused-ring (bicyclic) bond motifs is 1. The Bertz CT molecular complexity index is 651. The molecule has 0 N–H and O–H groups in total. The minimum Gasteiger partial charge on any atom is -0.336 e. The van der Waals surface area contributed by atoms with Gasteiger partial charge in [0.1, 0.15) is 5.82 Å². The summed E-state index contributed by atoms with van der Waals surface area (Å²) in [7, 11) is 2.05. The molecule has 3 rings (SSSR count). The van der Waals surface area contributed by atoms with E-state index in [1.807, 2.05) is 11.9 Å². The number of halogens is 1. The molecule has 2 aromatic rings. The van der Waals surface area contributed by atoms with Crippen molar-refractivity contribution in [2.45, 2.75) is 0 Å². The maximum absolute atomic E-state index is 13.1. The van der Waals surface area contributed by atoms with Gasteiger partial charge in [-0.15, -0.1) is 0 Å². The molecule has 1 saturated heterocycles. The van der Waals surface area contributed by atoms with E-state index in [0.717, 1.165) is 31.6 Å². The van der Waals surface area contributed by atoms with Gasteiger partial charge < -0.3 is 9.80 Å². The van der Waals surface area contributed by atoms with Crippen LogP contribution in [0.2, 0.25) is 0 Å². The van der Waals surface area contributed by atoms with Crippen LogP contribution >= 0.6 is 0 Å². The van der Waals surface area contributed by atoms with E-state index >= 15 is 0 Å². The fourth-order valence-corrected chi connectivity index (χ4v) is 2.40. The van der Waals surface area contributed by atoms with Crippen molar-refractivity contribution in [3.63, 3.8) is 0 Å². The molecule has 1 aromatic carbocycles. The number of amides is 1. The number of likely N-dealkylation sites (N-methyl/N-ethyl adjacent to an activating group) is 1. The molecule has 0 unspecified atom stereocenters. The van der Waals surface area contributed by atoms with Crippen molar-refractivity contribution >= 4 is 16.8 Å². The molecule has 0 bridgehead atoms. The second-order valence-electron chi connectivity index (χ2n) is 5.16. The number of carbonyl (C=O) groups excluding carboxylic acids is 1. The maximum atomic E-state index is 13.1. The van der Waals surface area contributed by atoms with Crippen molar-refractivity contribution in [3.8, 4) is 0 Å². The Morgan fingerprint density at radius 3 is 2.70 bits per heavy atom.